The zero-order chi connectivity index (χ0) is 16.2. The van der Waals surface area contributed by atoms with E-state index >= 15 is 0 Å². The second-order valence-corrected chi connectivity index (χ2v) is 6.66. The van der Waals surface area contributed by atoms with Crippen LogP contribution in [0.4, 0.5) is 0 Å². The third-order valence-corrected chi connectivity index (χ3v) is 5.10. The molecule has 0 spiro atoms. The summed E-state index contributed by atoms with van der Waals surface area (Å²) in [6, 6.07) is 8.98. The minimum absolute atomic E-state index is 0.110. The molecule has 5 heteroatoms. The maximum absolute atomic E-state index is 12.6. The minimum Gasteiger partial charge on any atom is -0.393 e. The van der Waals surface area contributed by atoms with Crippen molar-refractivity contribution in [2.75, 3.05) is 13.1 Å². The second-order valence-electron chi connectivity index (χ2n) is 6.66. The number of amides is 1. The number of hydrogen-bond acceptors (Lipinski definition) is 4. The van der Waals surface area contributed by atoms with Gasteiger partial charge >= 0.3 is 0 Å². The molecule has 2 fully saturated rings. The Bertz CT molecular complexity index is 599. The molecule has 0 unspecified atom stereocenters. The van der Waals surface area contributed by atoms with E-state index in [0.29, 0.717) is 23.0 Å². The first-order valence-electron chi connectivity index (χ1n) is 8.37. The lowest BCUT2D eigenvalue weighted by Gasteiger charge is -2.43. The zero-order valence-corrected chi connectivity index (χ0v) is 13.2. The van der Waals surface area contributed by atoms with E-state index < -0.39 is 0 Å². The Labute approximate surface area is 136 Å². The van der Waals surface area contributed by atoms with Crippen molar-refractivity contribution in [3.05, 3.63) is 35.4 Å². The Morgan fingerprint density at radius 2 is 2.04 bits per heavy atom. The summed E-state index contributed by atoms with van der Waals surface area (Å²) in [6.07, 6.45) is 3.43. The highest BCUT2D eigenvalue weighted by Crippen LogP contribution is 2.35. The molecule has 3 N–H and O–H groups in total. The normalized spacial score (nSPS) is 25.9. The fraction of sp³-hybridized carbons (Fsp3) is 0.556. The standard InChI is InChI=1S/C18H23N3O2/c19-11-12-2-1-3-14(8-12)18(23)21-17(15-9-16(22)10-15)13-4-6-20-7-5-13/h1-3,8,13,15-17,20,22H,4-7,9-10H2,(H,21,23)/t15?,16?,17-/m0/s1. The number of benzene rings is 1. The molecule has 5 nitrogen and oxygen atoms in total. The van der Waals surface area contributed by atoms with Gasteiger partial charge in [0.1, 0.15) is 0 Å². The van der Waals surface area contributed by atoms with Crippen molar-refractivity contribution in [1.82, 2.24) is 10.6 Å². The van der Waals surface area contributed by atoms with E-state index in [-0.39, 0.29) is 18.1 Å². The molecule has 1 saturated heterocycles. The number of nitriles is 1. The van der Waals surface area contributed by atoms with Crippen LogP contribution in [-0.4, -0.2) is 36.2 Å². The van der Waals surface area contributed by atoms with Crippen LogP contribution in [0.2, 0.25) is 0 Å². The van der Waals surface area contributed by atoms with Gasteiger partial charge in [-0.2, -0.15) is 5.26 Å². The molecule has 1 amide bonds. The highest BCUT2D eigenvalue weighted by atomic mass is 16.3. The smallest absolute Gasteiger partial charge is 0.251 e. The first-order valence-corrected chi connectivity index (χ1v) is 8.37. The zero-order valence-electron chi connectivity index (χ0n) is 13.2. The van der Waals surface area contributed by atoms with Gasteiger partial charge in [0.05, 0.1) is 17.7 Å². The fourth-order valence-corrected chi connectivity index (χ4v) is 3.71. The molecule has 0 bridgehead atoms. The molecule has 2 aliphatic rings. The summed E-state index contributed by atoms with van der Waals surface area (Å²) in [4.78, 5) is 12.6. The van der Waals surface area contributed by atoms with Crippen LogP contribution in [0.25, 0.3) is 0 Å². The first kappa shape index (κ1) is 16.0. The van der Waals surface area contributed by atoms with Gasteiger partial charge in [-0.05, 0) is 68.8 Å². The number of hydrogen-bond donors (Lipinski definition) is 3. The van der Waals surface area contributed by atoms with Crippen molar-refractivity contribution in [1.29, 1.82) is 5.26 Å². The Morgan fingerprint density at radius 3 is 2.70 bits per heavy atom. The van der Waals surface area contributed by atoms with Gasteiger partial charge in [0.25, 0.3) is 5.91 Å². The van der Waals surface area contributed by atoms with Crippen LogP contribution in [0, 0.1) is 23.2 Å². The summed E-state index contributed by atoms with van der Waals surface area (Å²) >= 11 is 0. The SMILES string of the molecule is N#Cc1cccc(C(=O)N[C@@H](C2CCNCC2)C2CC(O)C2)c1. The molecule has 1 aromatic carbocycles. The van der Waals surface area contributed by atoms with Gasteiger partial charge in [0.2, 0.25) is 0 Å². The van der Waals surface area contributed by atoms with Crippen LogP contribution in [0.5, 0.6) is 0 Å². The summed E-state index contributed by atoms with van der Waals surface area (Å²) in [5, 5.41) is 25.1. The average Bonchev–Trinajstić information content (AvgIpc) is 2.58. The highest BCUT2D eigenvalue weighted by Gasteiger charge is 2.39. The van der Waals surface area contributed by atoms with Crippen molar-refractivity contribution >= 4 is 5.91 Å². The lowest BCUT2D eigenvalue weighted by Crippen LogP contribution is -2.52. The highest BCUT2D eigenvalue weighted by molar-refractivity contribution is 5.94. The number of nitrogens with one attached hydrogen (secondary N) is 2. The summed E-state index contributed by atoms with van der Waals surface area (Å²) in [6.45, 7) is 1.96. The Kier molecular flexibility index (Phi) is 4.94. The Balaban J connectivity index is 1.71. The van der Waals surface area contributed by atoms with Gasteiger partial charge in [-0.1, -0.05) is 6.07 Å². The van der Waals surface area contributed by atoms with Gasteiger partial charge < -0.3 is 15.7 Å². The third-order valence-electron chi connectivity index (χ3n) is 5.10. The van der Waals surface area contributed by atoms with Crippen LogP contribution < -0.4 is 10.6 Å². The number of carbonyl (C=O) groups is 1. The number of rotatable bonds is 4. The van der Waals surface area contributed by atoms with Gasteiger partial charge in [-0.3, -0.25) is 4.79 Å². The lowest BCUT2D eigenvalue weighted by atomic mass is 9.71. The third kappa shape index (κ3) is 3.72. The van der Waals surface area contributed by atoms with Crippen molar-refractivity contribution in [2.45, 2.75) is 37.8 Å². The van der Waals surface area contributed by atoms with Gasteiger partial charge in [-0.25, -0.2) is 0 Å². The number of aliphatic hydroxyl groups is 1. The van der Waals surface area contributed by atoms with Crippen molar-refractivity contribution in [3.8, 4) is 6.07 Å². The molecule has 0 aromatic heterocycles. The van der Waals surface area contributed by atoms with Gasteiger partial charge in [-0.15, -0.1) is 0 Å². The number of carbonyl (C=O) groups excluding carboxylic acids is 1. The minimum atomic E-state index is -0.219. The average molecular weight is 313 g/mol. The van der Waals surface area contributed by atoms with Gasteiger partial charge in [0.15, 0.2) is 0 Å². The molecule has 1 aromatic rings. The molecular formula is C18H23N3O2. The van der Waals surface area contributed by atoms with E-state index in [9.17, 15) is 9.90 Å². The molecule has 1 atom stereocenters. The van der Waals surface area contributed by atoms with Crippen LogP contribution in [0.15, 0.2) is 24.3 Å². The predicted octanol–water partition coefficient (Wildman–Crippen LogP) is 1.43. The van der Waals surface area contributed by atoms with E-state index in [1.54, 1.807) is 24.3 Å². The van der Waals surface area contributed by atoms with E-state index in [4.69, 9.17) is 5.26 Å². The molecule has 3 rings (SSSR count). The number of aliphatic hydroxyl groups excluding tert-OH is 1. The fourth-order valence-electron chi connectivity index (χ4n) is 3.71. The second kappa shape index (κ2) is 7.12. The van der Waals surface area contributed by atoms with Gasteiger partial charge in [0, 0.05) is 11.6 Å². The maximum atomic E-state index is 12.6. The van der Waals surface area contributed by atoms with Crippen molar-refractivity contribution in [3.63, 3.8) is 0 Å². The Morgan fingerprint density at radius 1 is 1.30 bits per heavy atom. The van der Waals surface area contributed by atoms with Crippen molar-refractivity contribution < 1.29 is 9.90 Å². The van der Waals surface area contributed by atoms with E-state index in [0.717, 1.165) is 38.8 Å². The molecule has 1 aliphatic heterocycles. The van der Waals surface area contributed by atoms with Crippen LogP contribution >= 0.6 is 0 Å². The summed E-state index contributed by atoms with van der Waals surface area (Å²) in [7, 11) is 0. The lowest BCUT2D eigenvalue weighted by molar-refractivity contribution is 0.00919. The largest absolute Gasteiger partial charge is 0.393 e. The molecular weight excluding hydrogens is 290 g/mol. The quantitative estimate of drug-likeness (QED) is 0.785. The van der Waals surface area contributed by atoms with Crippen LogP contribution in [0.1, 0.15) is 41.6 Å². The van der Waals surface area contributed by atoms with E-state index in [1.165, 1.54) is 0 Å². The van der Waals surface area contributed by atoms with E-state index in [1.807, 2.05) is 0 Å². The molecule has 23 heavy (non-hydrogen) atoms. The molecule has 1 aliphatic carbocycles. The first-order chi connectivity index (χ1) is 11.2. The monoisotopic (exact) mass is 313 g/mol. The maximum Gasteiger partial charge on any atom is 0.251 e. The molecule has 1 saturated carbocycles. The molecule has 0 radical (unpaired) electrons. The molecule has 122 valence electrons. The number of piperidine rings is 1. The summed E-state index contributed by atoms with van der Waals surface area (Å²) < 4.78 is 0. The van der Waals surface area contributed by atoms with Crippen LogP contribution in [-0.2, 0) is 0 Å². The predicted molar refractivity (Wildman–Crippen MR) is 86.7 cm³/mol. The topological polar surface area (TPSA) is 85.2 Å². The summed E-state index contributed by atoms with van der Waals surface area (Å²) in [5.74, 6) is 0.695. The van der Waals surface area contributed by atoms with Crippen LogP contribution in [0.3, 0.4) is 0 Å². The summed E-state index contributed by atoms with van der Waals surface area (Å²) in [5.41, 5.74) is 1.03. The molecule has 1 heterocycles. The Hall–Kier alpha value is -1.90. The van der Waals surface area contributed by atoms with E-state index in [2.05, 4.69) is 16.7 Å². The number of nitrogens with zero attached hydrogens (tertiary/aromatic N) is 1. The van der Waals surface area contributed by atoms with Crippen molar-refractivity contribution in [2.24, 2.45) is 11.8 Å².